The molecule has 104 valence electrons. The first-order valence-electron chi connectivity index (χ1n) is 7.02. The fourth-order valence-electron chi connectivity index (χ4n) is 2.43. The zero-order valence-corrected chi connectivity index (χ0v) is 12.9. The van der Waals surface area contributed by atoms with Gasteiger partial charge in [-0.25, -0.2) is 0 Å². The largest absolute Gasteiger partial charge is 0.398 e. The Morgan fingerprint density at radius 2 is 1.24 bits per heavy atom. The highest BCUT2D eigenvalue weighted by molar-refractivity contribution is 7.80. The Bertz CT molecular complexity index is 684. The van der Waals surface area contributed by atoms with Crippen molar-refractivity contribution in [2.45, 2.75) is 6.92 Å². The molecule has 0 bridgehead atoms. The molecular weight excluding hydrogens is 273 g/mol. The molecule has 0 radical (unpaired) electrons. The molecule has 0 aliphatic rings. The van der Waals surface area contributed by atoms with Crippen molar-refractivity contribution in [3.63, 3.8) is 0 Å². The molecular formula is C19H18NP. The summed E-state index contributed by atoms with van der Waals surface area (Å²) in [4.78, 5) is 0. The van der Waals surface area contributed by atoms with Crippen LogP contribution in [0.15, 0.2) is 78.9 Å². The topological polar surface area (TPSA) is 26.0 Å². The summed E-state index contributed by atoms with van der Waals surface area (Å²) in [5, 5.41) is 3.90. The molecule has 0 fully saturated rings. The predicted molar refractivity (Wildman–Crippen MR) is 94.3 cm³/mol. The van der Waals surface area contributed by atoms with E-state index in [0.717, 1.165) is 5.69 Å². The van der Waals surface area contributed by atoms with Gasteiger partial charge in [0.05, 0.1) is 0 Å². The molecule has 3 aromatic rings. The van der Waals surface area contributed by atoms with E-state index >= 15 is 0 Å². The summed E-state index contributed by atoms with van der Waals surface area (Å²) in [6.07, 6.45) is 0. The molecule has 0 unspecified atom stereocenters. The van der Waals surface area contributed by atoms with Gasteiger partial charge in [-0.3, -0.25) is 0 Å². The minimum Gasteiger partial charge on any atom is -0.398 e. The van der Waals surface area contributed by atoms with Gasteiger partial charge in [-0.05, 0) is 37.6 Å². The second-order valence-corrected chi connectivity index (χ2v) is 7.25. The number of hydrogen-bond acceptors (Lipinski definition) is 1. The standard InChI is InChI=1S/C19H18NP/c1-15-12-13-18(20)19(14-15)21(16-8-4-2-5-9-16)17-10-6-3-7-11-17/h2-14H,20H2,1H3. The smallest absolute Gasteiger partial charge is 0.0399 e. The fourth-order valence-corrected chi connectivity index (χ4v) is 4.89. The first kappa shape index (κ1) is 13.9. The monoisotopic (exact) mass is 291 g/mol. The Morgan fingerprint density at radius 1 is 0.714 bits per heavy atom. The fraction of sp³-hybridized carbons (Fsp3) is 0.0526. The second-order valence-electron chi connectivity index (χ2n) is 5.07. The molecule has 3 rings (SSSR count). The van der Waals surface area contributed by atoms with Crippen molar-refractivity contribution in [1.82, 2.24) is 0 Å². The molecule has 2 N–H and O–H groups in total. The molecule has 21 heavy (non-hydrogen) atoms. The lowest BCUT2D eigenvalue weighted by molar-refractivity contribution is 1.49. The lowest BCUT2D eigenvalue weighted by Gasteiger charge is -2.21. The Balaban J connectivity index is 2.20. The van der Waals surface area contributed by atoms with Crippen molar-refractivity contribution >= 4 is 29.5 Å². The Hall–Kier alpha value is -2.11. The summed E-state index contributed by atoms with van der Waals surface area (Å²) in [5.74, 6) is 0. The van der Waals surface area contributed by atoms with E-state index in [1.807, 2.05) is 6.07 Å². The Morgan fingerprint density at radius 3 is 1.76 bits per heavy atom. The number of nitrogens with two attached hydrogens (primary N) is 1. The summed E-state index contributed by atoms with van der Waals surface area (Å²) in [6.45, 7) is 2.12. The van der Waals surface area contributed by atoms with Gasteiger partial charge < -0.3 is 5.73 Å². The summed E-state index contributed by atoms with van der Waals surface area (Å²) in [5.41, 5.74) is 8.40. The van der Waals surface area contributed by atoms with E-state index in [2.05, 4.69) is 79.7 Å². The van der Waals surface area contributed by atoms with Gasteiger partial charge >= 0.3 is 0 Å². The molecule has 0 aliphatic carbocycles. The van der Waals surface area contributed by atoms with Crippen LogP contribution < -0.4 is 21.6 Å². The molecule has 0 amide bonds. The van der Waals surface area contributed by atoms with Crippen molar-refractivity contribution < 1.29 is 0 Å². The first-order chi connectivity index (χ1) is 10.3. The molecule has 1 nitrogen and oxygen atoms in total. The van der Waals surface area contributed by atoms with Crippen LogP contribution in [0, 0.1) is 6.92 Å². The first-order valence-corrected chi connectivity index (χ1v) is 8.36. The number of anilines is 1. The number of nitrogen functional groups attached to an aromatic ring is 1. The van der Waals surface area contributed by atoms with Crippen molar-refractivity contribution in [1.29, 1.82) is 0 Å². The maximum Gasteiger partial charge on any atom is 0.0399 e. The van der Waals surface area contributed by atoms with Crippen molar-refractivity contribution in [3.05, 3.63) is 84.4 Å². The predicted octanol–water partition coefficient (Wildman–Crippen LogP) is 3.34. The van der Waals surface area contributed by atoms with Gasteiger partial charge in [-0.1, -0.05) is 72.3 Å². The zero-order valence-electron chi connectivity index (χ0n) is 12.0. The van der Waals surface area contributed by atoms with Crippen LogP contribution in [-0.4, -0.2) is 0 Å². The maximum absolute atomic E-state index is 6.28. The minimum atomic E-state index is -0.608. The van der Waals surface area contributed by atoms with E-state index in [0.29, 0.717) is 0 Å². The van der Waals surface area contributed by atoms with Crippen LogP contribution in [0.3, 0.4) is 0 Å². The van der Waals surface area contributed by atoms with Crippen LogP contribution in [0.1, 0.15) is 5.56 Å². The van der Waals surface area contributed by atoms with E-state index in [1.165, 1.54) is 21.5 Å². The van der Waals surface area contributed by atoms with Gasteiger partial charge in [-0.15, -0.1) is 0 Å². The van der Waals surface area contributed by atoms with Gasteiger partial charge in [0.15, 0.2) is 0 Å². The average Bonchev–Trinajstić information content (AvgIpc) is 2.53. The molecule has 3 aromatic carbocycles. The summed E-state index contributed by atoms with van der Waals surface area (Å²) >= 11 is 0. The lowest BCUT2D eigenvalue weighted by Crippen LogP contribution is -2.23. The van der Waals surface area contributed by atoms with Gasteiger partial charge in [-0.2, -0.15) is 0 Å². The second kappa shape index (κ2) is 6.11. The van der Waals surface area contributed by atoms with Crippen LogP contribution in [0.25, 0.3) is 0 Å². The molecule has 0 atom stereocenters. The highest BCUT2D eigenvalue weighted by Gasteiger charge is 2.18. The number of hydrogen-bond donors (Lipinski definition) is 1. The van der Waals surface area contributed by atoms with Crippen molar-refractivity contribution in [2.75, 3.05) is 5.73 Å². The quantitative estimate of drug-likeness (QED) is 0.581. The molecule has 0 saturated heterocycles. The van der Waals surface area contributed by atoms with Gasteiger partial charge in [0.2, 0.25) is 0 Å². The SMILES string of the molecule is Cc1ccc(N)c(P(c2ccccc2)c2ccccc2)c1. The Kier molecular flexibility index (Phi) is 4.03. The van der Waals surface area contributed by atoms with Crippen molar-refractivity contribution in [3.8, 4) is 0 Å². The number of aryl methyl sites for hydroxylation is 1. The van der Waals surface area contributed by atoms with E-state index in [-0.39, 0.29) is 0 Å². The van der Waals surface area contributed by atoms with Crippen LogP contribution in [0.5, 0.6) is 0 Å². The number of benzene rings is 3. The maximum atomic E-state index is 6.28. The molecule has 0 spiro atoms. The van der Waals surface area contributed by atoms with E-state index in [1.54, 1.807) is 0 Å². The third-order valence-electron chi connectivity index (χ3n) is 3.46. The normalized spacial score (nSPS) is 10.8. The van der Waals surface area contributed by atoms with Crippen LogP contribution >= 0.6 is 7.92 Å². The molecule has 0 aromatic heterocycles. The zero-order chi connectivity index (χ0) is 14.7. The molecule has 0 heterocycles. The highest BCUT2D eigenvalue weighted by Crippen LogP contribution is 2.35. The minimum absolute atomic E-state index is 0.608. The van der Waals surface area contributed by atoms with Crippen LogP contribution in [-0.2, 0) is 0 Å². The molecule has 0 aliphatic heterocycles. The molecule has 2 heteroatoms. The van der Waals surface area contributed by atoms with Crippen molar-refractivity contribution in [2.24, 2.45) is 0 Å². The third kappa shape index (κ3) is 2.99. The third-order valence-corrected chi connectivity index (χ3v) is 5.95. The van der Waals surface area contributed by atoms with Gasteiger partial charge in [0.25, 0.3) is 0 Å². The van der Waals surface area contributed by atoms with E-state index in [4.69, 9.17) is 5.73 Å². The summed E-state index contributed by atoms with van der Waals surface area (Å²) < 4.78 is 0. The summed E-state index contributed by atoms with van der Waals surface area (Å²) in [6, 6.07) is 27.6. The summed E-state index contributed by atoms with van der Waals surface area (Å²) in [7, 11) is -0.608. The van der Waals surface area contributed by atoms with Gasteiger partial charge in [0.1, 0.15) is 0 Å². The Labute approximate surface area is 127 Å². The number of rotatable bonds is 3. The van der Waals surface area contributed by atoms with Crippen LogP contribution in [0.2, 0.25) is 0 Å². The lowest BCUT2D eigenvalue weighted by atomic mass is 10.2. The van der Waals surface area contributed by atoms with Gasteiger partial charge in [0, 0.05) is 11.0 Å². The van der Waals surface area contributed by atoms with Crippen LogP contribution in [0.4, 0.5) is 5.69 Å². The average molecular weight is 291 g/mol. The molecule has 0 saturated carbocycles. The van der Waals surface area contributed by atoms with E-state index < -0.39 is 7.92 Å². The van der Waals surface area contributed by atoms with E-state index in [9.17, 15) is 0 Å². The highest BCUT2D eigenvalue weighted by atomic mass is 31.1.